The van der Waals surface area contributed by atoms with Crippen molar-refractivity contribution in [2.75, 3.05) is 0 Å². The monoisotopic (exact) mass is 210 g/mol. The van der Waals surface area contributed by atoms with Crippen LogP contribution in [-0.2, 0) is 0 Å². The largest absolute Gasteiger partial charge is 0.391 e. The molecule has 0 amide bonds. The summed E-state index contributed by atoms with van der Waals surface area (Å²) in [5.74, 6) is -1.31. The van der Waals surface area contributed by atoms with Gasteiger partial charge in [-0.15, -0.1) is 0 Å². The van der Waals surface area contributed by atoms with E-state index < -0.39 is 17.8 Å². The lowest BCUT2D eigenvalue weighted by atomic mass is 9.79. The van der Waals surface area contributed by atoms with Crippen molar-refractivity contribution in [3.05, 3.63) is 12.2 Å². The van der Waals surface area contributed by atoms with E-state index >= 15 is 0 Å². The average molecular weight is 210 g/mol. The van der Waals surface area contributed by atoms with Crippen LogP contribution in [0.25, 0.3) is 0 Å². The molecule has 0 nitrogen and oxygen atoms in total. The predicted molar refractivity (Wildman–Crippen MR) is 46.7 cm³/mol. The van der Waals surface area contributed by atoms with Crippen LogP contribution in [0.1, 0.15) is 32.6 Å². The van der Waals surface area contributed by atoms with Gasteiger partial charge in [0, 0.05) is 0 Å². The highest BCUT2D eigenvalue weighted by atomic mass is 19.4. The number of halogens is 4. The summed E-state index contributed by atoms with van der Waals surface area (Å²) in [6.07, 6.45) is -1.43. The highest BCUT2D eigenvalue weighted by Crippen LogP contribution is 2.43. The number of allylic oxidation sites excluding steroid dienone is 2. The minimum Gasteiger partial charge on any atom is -0.239 e. The number of alkyl halides is 4. The van der Waals surface area contributed by atoms with Crippen LogP contribution in [0.5, 0.6) is 0 Å². The minimum atomic E-state index is -4.16. The molecule has 0 heterocycles. The second-order valence-corrected chi connectivity index (χ2v) is 3.85. The molecule has 0 aromatic heterocycles. The molecule has 0 N–H and O–H groups in total. The Labute approximate surface area is 81.0 Å². The van der Waals surface area contributed by atoms with Gasteiger partial charge in [-0.25, -0.2) is 4.39 Å². The first-order valence-electron chi connectivity index (χ1n) is 4.77. The summed E-state index contributed by atoms with van der Waals surface area (Å²) in [6.45, 7) is 1.68. The Balaban J connectivity index is 2.54. The van der Waals surface area contributed by atoms with E-state index in [1.807, 2.05) is 0 Å². The van der Waals surface area contributed by atoms with Gasteiger partial charge in [0.1, 0.15) is 5.67 Å². The van der Waals surface area contributed by atoms with Gasteiger partial charge in [-0.2, -0.15) is 13.2 Å². The van der Waals surface area contributed by atoms with Gasteiger partial charge >= 0.3 is 6.18 Å². The Hall–Kier alpha value is -0.540. The predicted octanol–water partition coefficient (Wildman–Crippen LogP) is 4.02. The minimum absolute atomic E-state index is 0.0124. The molecule has 82 valence electrons. The van der Waals surface area contributed by atoms with E-state index in [1.54, 1.807) is 13.0 Å². The Morgan fingerprint density at radius 3 is 2.07 bits per heavy atom. The van der Waals surface area contributed by atoms with E-state index in [0.717, 1.165) is 0 Å². The third kappa shape index (κ3) is 2.72. The topological polar surface area (TPSA) is 0 Å². The van der Waals surface area contributed by atoms with Crippen LogP contribution in [-0.4, -0.2) is 11.8 Å². The van der Waals surface area contributed by atoms with E-state index in [9.17, 15) is 17.6 Å². The van der Waals surface area contributed by atoms with Crippen LogP contribution in [0.4, 0.5) is 17.6 Å². The zero-order valence-electron chi connectivity index (χ0n) is 8.07. The fourth-order valence-corrected chi connectivity index (χ4v) is 1.89. The summed E-state index contributed by atoms with van der Waals surface area (Å²) in [4.78, 5) is 0. The Morgan fingerprint density at radius 2 is 1.71 bits per heavy atom. The first-order valence-corrected chi connectivity index (χ1v) is 4.77. The van der Waals surface area contributed by atoms with Crippen molar-refractivity contribution in [1.29, 1.82) is 0 Å². The third-order valence-corrected chi connectivity index (χ3v) is 2.75. The molecule has 1 saturated carbocycles. The average Bonchev–Trinajstić information content (AvgIpc) is 2.03. The number of rotatable bonds is 1. The van der Waals surface area contributed by atoms with E-state index in [2.05, 4.69) is 0 Å². The fraction of sp³-hybridized carbons (Fsp3) is 0.800. The van der Waals surface area contributed by atoms with Crippen molar-refractivity contribution in [3.63, 3.8) is 0 Å². The fourth-order valence-electron chi connectivity index (χ4n) is 1.89. The molecule has 0 spiro atoms. The van der Waals surface area contributed by atoms with Gasteiger partial charge in [0.25, 0.3) is 0 Å². The second-order valence-electron chi connectivity index (χ2n) is 3.85. The molecule has 1 fully saturated rings. The highest BCUT2D eigenvalue weighted by molar-refractivity contribution is 5.03. The van der Waals surface area contributed by atoms with Gasteiger partial charge in [0.15, 0.2) is 0 Å². The molecule has 0 radical (unpaired) electrons. The number of hydrogen-bond donors (Lipinski definition) is 0. The zero-order chi connectivity index (χ0) is 10.8. The lowest BCUT2D eigenvalue weighted by Gasteiger charge is -2.32. The molecule has 0 unspecified atom stereocenters. The van der Waals surface area contributed by atoms with Crippen molar-refractivity contribution in [3.8, 4) is 0 Å². The first-order chi connectivity index (χ1) is 6.37. The smallest absolute Gasteiger partial charge is 0.239 e. The summed E-state index contributed by atoms with van der Waals surface area (Å²) in [7, 11) is 0. The molecular formula is C10H14F4. The van der Waals surface area contributed by atoms with Gasteiger partial charge in [0.2, 0.25) is 0 Å². The van der Waals surface area contributed by atoms with Gasteiger partial charge < -0.3 is 0 Å². The van der Waals surface area contributed by atoms with Crippen LogP contribution in [0.2, 0.25) is 0 Å². The molecule has 1 aliphatic rings. The van der Waals surface area contributed by atoms with E-state index in [0.29, 0.717) is 0 Å². The molecule has 1 aliphatic carbocycles. The van der Waals surface area contributed by atoms with Gasteiger partial charge in [-0.05, 0) is 32.6 Å². The summed E-state index contributed by atoms with van der Waals surface area (Å²) in [5.41, 5.74) is -1.50. The maximum atomic E-state index is 13.7. The van der Waals surface area contributed by atoms with Gasteiger partial charge in [-0.3, -0.25) is 0 Å². The molecule has 0 aromatic carbocycles. The SMILES string of the molecule is C/C=C/C1(F)CCC(C(F)(F)F)CC1. The summed E-state index contributed by atoms with van der Waals surface area (Å²) in [5, 5.41) is 0. The highest BCUT2D eigenvalue weighted by Gasteiger charge is 2.45. The first kappa shape index (κ1) is 11.5. The summed E-state index contributed by atoms with van der Waals surface area (Å²) >= 11 is 0. The van der Waals surface area contributed by atoms with Crippen LogP contribution in [0.3, 0.4) is 0 Å². The van der Waals surface area contributed by atoms with Crippen LogP contribution in [0, 0.1) is 5.92 Å². The zero-order valence-corrected chi connectivity index (χ0v) is 8.07. The number of hydrogen-bond acceptors (Lipinski definition) is 0. The Morgan fingerprint density at radius 1 is 1.21 bits per heavy atom. The molecule has 0 bridgehead atoms. The van der Waals surface area contributed by atoms with Crippen LogP contribution >= 0.6 is 0 Å². The van der Waals surface area contributed by atoms with E-state index in [-0.39, 0.29) is 25.7 Å². The standard InChI is InChI=1S/C10H14F4/c1-2-5-9(11)6-3-8(4-7-9)10(12,13)14/h2,5,8H,3-4,6-7H2,1H3/b5-2+. The normalized spacial score (nSPS) is 35.1. The molecule has 14 heavy (non-hydrogen) atoms. The maximum absolute atomic E-state index is 13.7. The maximum Gasteiger partial charge on any atom is 0.391 e. The lowest BCUT2D eigenvalue weighted by Crippen LogP contribution is -2.34. The molecule has 1 rings (SSSR count). The lowest BCUT2D eigenvalue weighted by molar-refractivity contribution is -0.186. The van der Waals surface area contributed by atoms with Crippen molar-refractivity contribution >= 4 is 0 Å². The van der Waals surface area contributed by atoms with Crippen LogP contribution < -0.4 is 0 Å². The molecule has 0 saturated heterocycles. The summed E-state index contributed by atoms with van der Waals surface area (Å²) < 4.78 is 50.4. The molecule has 4 heteroatoms. The van der Waals surface area contributed by atoms with Crippen molar-refractivity contribution in [1.82, 2.24) is 0 Å². The van der Waals surface area contributed by atoms with Crippen LogP contribution in [0.15, 0.2) is 12.2 Å². The van der Waals surface area contributed by atoms with Crippen molar-refractivity contribution < 1.29 is 17.6 Å². The van der Waals surface area contributed by atoms with Crippen molar-refractivity contribution in [2.45, 2.75) is 44.5 Å². The molecule has 0 atom stereocenters. The Bertz CT molecular complexity index is 209. The molecular weight excluding hydrogens is 196 g/mol. The van der Waals surface area contributed by atoms with Gasteiger partial charge in [0.05, 0.1) is 5.92 Å². The third-order valence-electron chi connectivity index (χ3n) is 2.75. The van der Waals surface area contributed by atoms with E-state index in [1.165, 1.54) is 6.08 Å². The van der Waals surface area contributed by atoms with Crippen molar-refractivity contribution in [2.24, 2.45) is 5.92 Å². The Kier molecular flexibility index (Phi) is 3.22. The van der Waals surface area contributed by atoms with E-state index in [4.69, 9.17) is 0 Å². The summed E-state index contributed by atoms with van der Waals surface area (Å²) in [6, 6.07) is 0. The second kappa shape index (κ2) is 3.91. The van der Waals surface area contributed by atoms with Gasteiger partial charge in [-0.1, -0.05) is 12.2 Å². The molecule has 0 aliphatic heterocycles. The quantitative estimate of drug-likeness (QED) is 0.453. The molecule has 0 aromatic rings.